The molecule has 2 fully saturated rings. The summed E-state index contributed by atoms with van der Waals surface area (Å²) in [4.78, 5) is 23.1. The lowest BCUT2D eigenvalue weighted by molar-refractivity contribution is -0.122. The van der Waals surface area contributed by atoms with E-state index in [0.717, 1.165) is 30.6 Å². The van der Waals surface area contributed by atoms with E-state index in [9.17, 15) is 9.59 Å². The van der Waals surface area contributed by atoms with Crippen molar-refractivity contribution in [2.24, 2.45) is 0 Å². The quantitative estimate of drug-likeness (QED) is 0.760. The monoisotopic (exact) mass is 344 g/mol. The van der Waals surface area contributed by atoms with E-state index >= 15 is 0 Å². The number of aryl methyl sites for hydroxylation is 1. The molecule has 0 aliphatic carbocycles. The molecular weight excluding hydrogens is 316 g/mol. The van der Waals surface area contributed by atoms with Gasteiger partial charge < -0.3 is 20.2 Å². The minimum absolute atomic E-state index is 0.0735. The molecule has 2 N–H and O–H groups in total. The first-order chi connectivity index (χ1) is 12.1. The third-order valence-electron chi connectivity index (χ3n) is 5.13. The second-order valence-electron chi connectivity index (χ2n) is 7.32. The predicted molar refractivity (Wildman–Crippen MR) is 96.7 cm³/mol. The second kappa shape index (κ2) is 8.48. The molecule has 1 aromatic carbocycles. The first-order valence-electron chi connectivity index (χ1n) is 9.35. The smallest absolute Gasteiger partial charge is 0.223 e. The number of hydrogen-bond acceptors (Lipinski definition) is 4. The maximum atomic E-state index is 12.1. The fourth-order valence-electron chi connectivity index (χ4n) is 3.81. The van der Waals surface area contributed by atoms with Crippen LogP contribution in [-0.4, -0.2) is 36.4 Å². The number of carbonyl (C=O) groups is 2. The van der Waals surface area contributed by atoms with Crippen LogP contribution in [0.4, 0.5) is 0 Å². The summed E-state index contributed by atoms with van der Waals surface area (Å²) in [6, 6.07) is 9.23. The Morgan fingerprint density at radius 1 is 1.12 bits per heavy atom. The van der Waals surface area contributed by atoms with Crippen molar-refractivity contribution in [3.63, 3.8) is 0 Å². The zero-order chi connectivity index (χ0) is 17.6. The highest BCUT2D eigenvalue weighted by molar-refractivity contribution is 5.76. The molecule has 0 saturated carbocycles. The Morgan fingerprint density at radius 3 is 2.44 bits per heavy atom. The van der Waals surface area contributed by atoms with E-state index in [1.54, 1.807) is 6.92 Å². The van der Waals surface area contributed by atoms with Crippen molar-refractivity contribution >= 4 is 11.7 Å². The topological polar surface area (TPSA) is 67.4 Å². The number of ketones is 1. The number of hydrogen-bond donors (Lipinski definition) is 2. The molecule has 0 spiro atoms. The Labute approximate surface area is 149 Å². The summed E-state index contributed by atoms with van der Waals surface area (Å²) < 4.78 is 5.66. The summed E-state index contributed by atoms with van der Waals surface area (Å²) in [6.45, 7) is 1.99. The molecule has 2 bridgehead atoms. The summed E-state index contributed by atoms with van der Waals surface area (Å²) in [6.07, 6.45) is 6.28. The largest absolute Gasteiger partial charge is 0.493 e. The summed E-state index contributed by atoms with van der Waals surface area (Å²) >= 11 is 0. The van der Waals surface area contributed by atoms with E-state index in [4.69, 9.17) is 4.74 Å². The van der Waals surface area contributed by atoms with Gasteiger partial charge in [0.05, 0.1) is 13.0 Å². The predicted octanol–water partition coefficient (Wildman–Crippen LogP) is 2.38. The van der Waals surface area contributed by atoms with E-state index in [-0.39, 0.29) is 11.7 Å². The van der Waals surface area contributed by atoms with Crippen LogP contribution in [0.25, 0.3) is 0 Å². The van der Waals surface area contributed by atoms with Gasteiger partial charge in [0, 0.05) is 24.5 Å². The number of carbonyl (C=O) groups excluding carboxylic acids is 2. The van der Waals surface area contributed by atoms with Crippen LogP contribution in [0, 0.1) is 0 Å². The molecule has 5 nitrogen and oxygen atoms in total. The summed E-state index contributed by atoms with van der Waals surface area (Å²) in [5, 5.41) is 6.73. The van der Waals surface area contributed by atoms with Crippen LogP contribution < -0.4 is 15.4 Å². The molecule has 2 unspecified atom stereocenters. The summed E-state index contributed by atoms with van der Waals surface area (Å²) in [5.41, 5.74) is 1.13. The number of benzene rings is 1. The van der Waals surface area contributed by atoms with Gasteiger partial charge in [-0.3, -0.25) is 4.79 Å². The Balaban J connectivity index is 1.34. The van der Waals surface area contributed by atoms with Crippen molar-refractivity contribution in [1.82, 2.24) is 10.6 Å². The van der Waals surface area contributed by atoms with Crippen molar-refractivity contribution in [2.75, 3.05) is 6.61 Å². The van der Waals surface area contributed by atoms with Gasteiger partial charge in [-0.2, -0.15) is 0 Å². The van der Waals surface area contributed by atoms with E-state index < -0.39 is 0 Å². The van der Waals surface area contributed by atoms with Gasteiger partial charge in [0.2, 0.25) is 5.91 Å². The molecule has 0 aromatic heterocycles. The van der Waals surface area contributed by atoms with Gasteiger partial charge in [-0.15, -0.1) is 0 Å². The SMILES string of the molecule is CC(=O)CCc1ccc(OCCC(=O)NC2CC3CCC(C2)N3)cc1. The highest BCUT2D eigenvalue weighted by atomic mass is 16.5. The molecule has 136 valence electrons. The molecule has 25 heavy (non-hydrogen) atoms. The van der Waals surface area contributed by atoms with E-state index in [1.165, 1.54) is 12.8 Å². The van der Waals surface area contributed by atoms with Gasteiger partial charge in [-0.05, 0) is 56.7 Å². The second-order valence-corrected chi connectivity index (χ2v) is 7.32. The van der Waals surface area contributed by atoms with Crippen molar-refractivity contribution < 1.29 is 14.3 Å². The van der Waals surface area contributed by atoms with E-state index in [1.807, 2.05) is 24.3 Å². The van der Waals surface area contributed by atoms with Crippen LogP contribution in [0.3, 0.4) is 0 Å². The molecule has 2 saturated heterocycles. The van der Waals surface area contributed by atoms with Crippen molar-refractivity contribution in [3.05, 3.63) is 29.8 Å². The van der Waals surface area contributed by atoms with E-state index in [2.05, 4.69) is 10.6 Å². The van der Waals surface area contributed by atoms with Crippen molar-refractivity contribution in [3.8, 4) is 5.75 Å². The molecule has 2 aliphatic rings. The van der Waals surface area contributed by atoms with Gasteiger partial charge >= 0.3 is 0 Å². The van der Waals surface area contributed by atoms with Gasteiger partial charge in [-0.1, -0.05) is 12.1 Å². The number of rotatable bonds is 8. The van der Waals surface area contributed by atoms with Crippen LogP contribution in [-0.2, 0) is 16.0 Å². The average Bonchev–Trinajstić information content (AvgIpc) is 2.92. The Kier molecular flexibility index (Phi) is 6.08. The highest BCUT2D eigenvalue weighted by Crippen LogP contribution is 2.26. The molecule has 0 radical (unpaired) electrons. The lowest BCUT2D eigenvalue weighted by Crippen LogP contribution is -2.48. The van der Waals surface area contributed by atoms with Crippen molar-refractivity contribution in [1.29, 1.82) is 0 Å². The number of fused-ring (bicyclic) bond motifs is 2. The fourth-order valence-corrected chi connectivity index (χ4v) is 3.81. The van der Waals surface area contributed by atoms with Gasteiger partial charge in [-0.25, -0.2) is 0 Å². The highest BCUT2D eigenvalue weighted by Gasteiger charge is 2.33. The Morgan fingerprint density at radius 2 is 1.80 bits per heavy atom. The number of ether oxygens (including phenoxy) is 1. The summed E-state index contributed by atoms with van der Waals surface area (Å²) in [7, 11) is 0. The van der Waals surface area contributed by atoms with Crippen LogP contribution in [0.2, 0.25) is 0 Å². The number of nitrogens with one attached hydrogen (secondary N) is 2. The lowest BCUT2D eigenvalue weighted by atomic mass is 10.00. The maximum absolute atomic E-state index is 12.1. The third kappa shape index (κ3) is 5.56. The normalized spacial score (nSPS) is 24.8. The van der Waals surface area contributed by atoms with Crippen molar-refractivity contribution in [2.45, 2.75) is 70.0 Å². The number of Topliss-reactive ketones (excluding diaryl/α,β-unsaturated/α-hetero) is 1. The standard InChI is InChI=1S/C20H28N2O3/c1-14(23)2-3-15-4-8-19(9-5-15)25-11-10-20(24)22-18-12-16-6-7-17(13-18)21-16/h4-5,8-9,16-18,21H,2-3,6-7,10-13H2,1H3,(H,22,24). The molecule has 3 rings (SSSR count). The van der Waals surface area contributed by atoms with Crippen LogP contribution in [0.15, 0.2) is 24.3 Å². The Hall–Kier alpha value is -1.88. The molecule has 2 aliphatic heterocycles. The fraction of sp³-hybridized carbons (Fsp3) is 0.600. The molecule has 2 heterocycles. The third-order valence-corrected chi connectivity index (χ3v) is 5.13. The van der Waals surface area contributed by atoms with Crippen LogP contribution in [0.1, 0.15) is 51.0 Å². The number of piperidine rings is 1. The molecular formula is C20H28N2O3. The van der Waals surface area contributed by atoms with E-state index in [0.29, 0.717) is 37.6 Å². The lowest BCUT2D eigenvalue weighted by Gasteiger charge is -2.29. The summed E-state index contributed by atoms with van der Waals surface area (Å²) in [5.74, 6) is 1.04. The maximum Gasteiger partial charge on any atom is 0.223 e. The minimum atomic E-state index is 0.0735. The minimum Gasteiger partial charge on any atom is -0.493 e. The first kappa shape index (κ1) is 17.9. The molecule has 1 aromatic rings. The van der Waals surface area contributed by atoms with Crippen LogP contribution in [0.5, 0.6) is 5.75 Å². The zero-order valence-electron chi connectivity index (χ0n) is 14.9. The first-order valence-corrected chi connectivity index (χ1v) is 9.35. The average molecular weight is 344 g/mol. The van der Waals surface area contributed by atoms with Gasteiger partial charge in [0.15, 0.2) is 0 Å². The molecule has 5 heteroatoms. The van der Waals surface area contributed by atoms with Crippen LogP contribution >= 0.6 is 0 Å². The van der Waals surface area contributed by atoms with Gasteiger partial charge in [0.1, 0.15) is 11.5 Å². The van der Waals surface area contributed by atoms with Gasteiger partial charge in [0.25, 0.3) is 0 Å². The number of amides is 1. The molecule has 1 amide bonds. The zero-order valence-corrected chi connectivity index (χ0v) is 14.9. The molecule has 2 atom stereocenters. The Bertz CT molecular complexity index is 587.